The third-order valence-electron chi connectivity index (χ3n) is 3.07. The topological polar surface area (TPSA) is 116 Å². The van der Waals surface area contributed by atoms with Gasteiger partial charge in [-0.1, -0.05) is 24.3 Å². The number of nitrogen functional groups attached to an aromatic ring is 2. The summed E-state index contributed by atoms with van der Waals surface area (Å²) in [4.78, 5) is 22.3. The molecule has 0 spiro atoms. The maximum Gasteiger partial charge on any atom is 0.331 e. The second-order valence-electron chi connectivity index (χ2n) is 4.82. The van der Waals surface area contributed by atoms with Crippen molar-refractivity contribution >= 4 is 23.3 Å². The van der Waals surface area contributed by atoms with Crippen molar-refractivity contribution < 1.29 is 19.4 Å². The normalized spacial score (nSPS) is 10.8. The lowest BCUT2D eigenvalue weighted by Gasteiger charge is -2.18. The van der Waals surface area contributed by atoms with Crippen LogP contribution >= 0.6 is 0 Å². The highest BCUT2D eigenvalue weighted by Gasteiger charge is 2.18. The molecular formula is C17H16N2O4. The number of ether oxygens (including phenoxy) is 1. The summed E-state index contributed by atoms with van der Waals surface area (Å²) in [6.45, 7) is 0. The first-order chi connectivity index (χ1) is 11.0. The van der Waals surface area contributed by atoms with Gasteiger partial charge in [-0.15, -0.1) is 0 Å². The average molecular weight is 312 g/mol. The molecule has 0 atom stereocenters. The fraction of sp³-hybridized carbons (Fsp3) is 0.0588. The predicted octanol–water partition coefficient (Wildman–Crippen LogP) is 2.12. The number of hydrogen-bond acceptors (Lipinski definition) is 5. The Morgan fingerprint density at radius 1 is 0.870 bits per heavy atom. The van der Waals surface area contributed by atoms with Gasteiger partial charge in [-0.2, -0.15) is 0 Å². The summed E-state index contributed by atoms with van der Waals surface area (Å²) in [5.74, 6) is -1.98. The molecule has 0 aliphatic rings. The molecule has 2 rings (SSSR count). The van der Waals surface area contributed by atoms with Crippen LogP contribution in [0.25, 0.3) is 0 Å². The Morgan fingerprint density at radius 3 is 1.70 bits per heavy atom. The molecule has 2 aromatic carbocycles. The first kappa shape index (κ1) is 16.1. The Kier molecular flexibility index (Phi) is 4.99. The van der Waals surface area contributed by atoms with Crippen LogP contribution in [0, 0.1) is 0 Å². The molecule has 0 fully saturated rings. The molecule has 0 aromatic heterocycles. The van der Waals surface area contributed by atoms with Crippen molar-refractivity contribution in [2.75, 3.05) is 11.5 Å². The van der Waals surface area contributed by atoms with Gasteiger partial charge in [0, 0.05) is 23.5 Å². The van der Waals surface area contributed by atoms with Gasteiger partial charge in [-0.25, -0.2) is 9.59 Å². The molecule has 0 unspecified atom stereocenters. The molecule has 6 heteroatoms. The van der Waals surface area contributed by atoms with E-state index in [0.29, 0.717) is 22.5 Å². The zero-order chi connectivity index (χ0) is 16.8. The van der Waals surface area contributed by atoms with Crippen molar-refractivity contribution in [1.82, 2.24) is 0 Å². The van der Waals surface area contributed by atoms with Gasteiger partial charge in [0.1, 0.15) is 0 Å². The van der Waals surface area contributed by atoms with Gasteiger partial charge in [0.25, 0.3) is 0 Å². The third kappa shape index (κ3) is 4.60. The van der Waals surface area contributed by atoms with Crippen molar-refractivity contribution in [3.63, 3.8) is 0 Å². The van der Waals surface area contributed by atoms with Crippen LogP contribution in [-0.2, 0) is 14.3 Å². The van der Waals surface area contributed by atoms with Crippen LogP contribution in [0.3, 0.4) is 0 Å². The standard InChI is InChI=1S/C17H16N2O4/c18-13-5-1-11(2-6-13)17(12-3-7-14(19)8-4-12)23-16(22)10-9-15(20)21/h1-10,17H,18-19H2,(H,20,21)/b10-9+. The van der Waals surface area contributed by atoms with Crippen LogP contribution in [0.5, 0.6) is 0 Å². The smallest absolute Gasteiger partial charge is 0.331 e. The van der Waals surface area contributed by atoms with E-state index in [4.69, 9.17) is 21.3 Å². The minimum atomic E-state index is -1.22. The molecule has 5 N–H and O–H groups in total. The van der Waals surface area contributed by atoms with Gasteiger partial charge in [0.05, 0.1) is 0 Å². The van der Waals surface area contributed by atoms with Gasteiger partial charge in [-0.05, 0) is 35.4 Å². The summed E-state index contributed by atoms with van der Waals surface area (Å²) >= 11 is 0. The number of carboxylic acid groups (broad SMARTS) is 1. The minimum Gasteiger partial charge on any atom is -0.478 e. The Labute approximate surface area is 133 Å². The molecule has 0 aliphatic carbocycles. The van der Waals surface area contributed by atoms with Gasteiger partial charge in [-0.3, -0.25) is 0 Å². The highest BCUT2D eigenvalue weighted by molar-refractivity contribution is 5.90. The Hall–Kier alpha value is -3.28. The maximum atomic E-state index is 11.8. The van der Waals surface area contributed by atoms with Gasteiger partial charge in [0.2, 0.25) is 0 Å². The van der Waals surface area contributed by atoms with Crippen LogP contribution in [0.2, 0.25) is 0 Å². The number of anilines is 2. The van der Waals surface area contributed by atoms with Crippen molar-refractivity contribution in [1.29, 1.82) is 0 Å². The van der Waals surface area contributed by atoms with Crippen molar-refractivity contribution in [3.8, 4) is 0 Å². The largest absolute Gasteiger partial charge is 0.478 e. The Morgan fingerprint density at radius 2 is 1.30 bits per heavy atom. The Bertz CT molecular complexity index is 676. The fourth-order valence-electron chi connectivity index (χ4n) is 1.96. The number of benzene rings is 2. The molecule has 0 saturated heterocycles. The number of carboxylic acids is 1. The number of carbonyl (C=O) groups excluding carboxylic acids is 1. The summed E-state index contributed by atoms with van der Waals surface area (Å²) in [6.07, 6.45) is 0.900. The van der Waals surface area contributed by atoms with E-state index in [0.717, 1.165) is 12.2 Å². The molecule has 0 saturated carbocycles. The molecule has 0 radical (unpaired) electrons. The van der Waals surface area contributed by atoms with Crippen molar-refractivity contribution in [3.05, 3.63) is 71.8 Å². The van der Waals surface area contributed by atoms with Crippen molar-refractivity contribution in [2.24, 2.45) is 0 Å². The van der Waals surface area contributed by atoms with E-state index >= 15 is 0 Å². The molecule has 6 nitrogen and oxygen atoms in total. The fourth-order valence-corrected chi connectivity index (χ4v) is 1.96. The second-order valence-corrected chi connectivity index (χ2v) is 4.82. The zero-order valence-electron chi connectivity index (χ0n) is 12.2. The summed E-state index contributed by atoms with van der Waals surface area (Å²) in [5, 5.41) is 8.57. The number of esters is 1. The summed E-state index contributed by atoms with van der Waals surface area (Å²) in [5.41, 5.74) is 13.9. The van der Waals surface area contributed by atoms with Crippen LogP contribution in [0.4, 0.5) is 11.4 Å². The van der Waals surface area contributed by atoms with Crippen LogP contribution in [0.1, 0.15) is 17.2 Å². The summed E-state index contributed by atoms with van der Waals surface area (Å²) in [6, 6.07) is 13.7. The third-order valence-corrected chi connectivity index (χ3v) is 3.07. The number of hydrogen-bond donors (Lipinski definition) is 3. The number of nitrogens with two attached hydrogens (primary N) is 2. The molecule has 118 valence electrons. The maximum absolute atomic E-state index is 11.8. The van der Waals surface area contributed by atoms with Crippen LogP contribution in [0.15, 0.2) is 60.7 Å². The van der Waals surface area contributed by atoms with Gasteiger partial charge >= 0.3 is 11.9 Å². The first-order valence-corrected chi connectivity index (χ1v) is 6.78. The Balaban J connectivity index is 2.31. The quantitative estimate of drug-likeness (QED) is 0.442. The van der Waals surface area contributed by atoms with Crippen LogP contribution < -0.4 is 11.5 Å². The molecule has 23 heavy (non-hydrogen) atoms. The molecule has 0 heterocycles. The number of carbonyl (C=O) groups is 2. The first-order valence-electron chi connectivity index (χ1n) is 6.78. The molecule has 2 aromatic rings. The van der Waals surface area contributed by atoms with E-state index in [-0.39, 0.29) is 0 Å². The SMILES string of the molecule is Nc1ccc(C(OC(=O)/C=C/C(=O)O)c2ccc(N)cc2)cc1. The van der Waals surface area contributed by atoms with E-state index < -0.39 is 18.0 Å². The number of rotatable bonds is 5. The van der Waals surface area contributed by atoms with E-state index in [9.17, 15) is 9.59 Å². The second kappa shape index (κ2) is 7.13. The molecule has 0 aliphatic heterocycles. The summed E-state index contributed by atoms with van der Waals surface area (Å²) < 4.78 is 5.38. The monoisotopic (exact) mass is 312 g/mol. The van der Waals surface area contributed by atoms with E-state index in [1.807, 2.05) is 0 Å². The predicted molar refractivity (Wildman–Crippen MR) is 86.4 cm³/mol. The highest BCUT2D eigenvalue weighted by Crippen LogP contribution is 2.27. The average Bonchev–Trinajstić information content (AvgIpc) is 2.52. The summed E-state index contributed by atoms with van der Waals surface area (Å²) in [7, 11) is 0. The molecule has 0 bridgehead atoms. The zero-order valence-corrected chi connectivity index (χ0v) is 12.2. The van der Waals surface area contributed by atoms with E-state index in [1.54, 1.807) is 48.5 Å². The highest BCUT2D eigenvalue weighted by atomic mass is 16.5. The molecule has 0 amide bonds. The van der Waals surface area contributed by atoms with Crippen molar-refractivity contribution in [2.45, 2.75) is 6.10 Å². The lowest BCUT2D eigenvalue weighted by molar-refractivity contribution is -0.142. The lowest BCUT2D eigenvalue weighted by Crippen LogP contribution is -2.11. The van der Waals surface area contributed by atoms with Gasteiger partial charge in [0.15, 0.2) is 6.10 Å². The minimum absolute atomic E-state index is 0.585. The number of aliphatic carboxylic acids is 1. The molecular weight excluding hydrogens is 296 g/mol. The van der Waals surface area contributed by atoms with E-state index in [1.165, 1.54) is 0 Å². The van der Waals surface area contributed by atoms with Gasteiger partial charge < -0.3 is 21.3 Å². The van der Waals surface area contributed by atoms with Crippen LogP contribution in [-0.4, -0.2) is 17.0 Å². The van der Waals surface area contributed by atoms with E-state index in [2.05, 4.69) is 0 Å². The lowest BCUT2D eigenvalue weighted by atomic mass is 10.0.